The highest BCUT2D eigenvalue weighted by atomic mass is 16.4. The van der Waals surface area contributed by atoms with Gasteiger partial charge in [-0.3, -0.25) is 9.78 Å². The zero-order valence-corrected chi connectivity index (χ0v) is 16.3. The first-order valence-electron chi connectivity index (χ1n) is 9.72. The van der Waals surface area contributed by atoms with Crippen LogP contribution in [-0.2, 0) is 0 Å². The van der Waals surface area contributed by atoms with Gasteiger partial charge in [0.1, 0.15) is 5.69 Å². The van der Waals surface area contributed by atoms with Gasteiger partial charge in [0.05, 0.1) is 11.5 Å². The highest BCUT2D eigenvalue weighted by molar-refractivity contribution is 5.99. The predicted molar refractivity (Wildman–Crippen MR) is 109 cm³/mol. The van der Waals surface area contributed by atoms with Gasteiger partial charge in [-0.15, -0.1) is 10.2 Å². The van der Waals surface area contributed by atoms with Crippen molar-refractivity contribution in [3.05, 3.63) is 65.4 Å². The van der Waals surface area contributed by atoms with Crippen molar-refractivity contribution in [1.82, 2.24) is 25.1 Å². The van der Waals surface area contributed by atoms with Crippen LogP contribution in [-0.4, -0.2) is 44.1 Å². The average molecular weight is 387 g/mol. The van der Waals surface area contributed by atoms with Crippen LogP contribution in [0.5, 0.6) is 0 Å². The predicted octanol–water partition coefficient (Wildman–Crippen LogP) is 3.86. The summed E-state index contributed by atoms with van der Waals surface area (Å²) in [6.45, 7) is 5.22. The quantitative estimate of drug-likeness (QED) is 0.577. The van der Waals surface area contributed by atoms with Crippen LogP contribution in [0, 0.1) is 13.8 Å². The molecule has 1 amide bonds. The second-order valence-corrected chi connectivity index (χ2v) is 7.59. The van der Waals surface area contributed by atoms with E-state index in [4.69, 9.17) is 4.42 Å². The zero-order valence-electron chi connectivity index (χ0n) is 16.3. The molecule has 0 spiro atoms. The molecule has 4 aromatic rings. The number of nitrogens with one attached hydrogen (secondary N) is 1. The standard InChI is InChI=1S/C22H21N5O2/c1-13-4-3-5-18-17(13)10-19(24-18)22(28)27-9-8-16(12-27)21-26-25-20(29-21)15-7-6-14(2)23-11-15/h3-7,10-11,16,24H,8-9,12H2,1-2H3/t16-/m1/s1. The van der Waals surface area contributed by atoms with Crippen molar-refractivity contribution in [2.45, 2.75) is 26.2 Å². The van der Waals surface area contributed by atoms with E-state index in [2.05, 4.69) is 20.2 Å². The number of benzene rings is 1. The van der Waals surface area contributed by atoms with E-state index in [1.165, 1.54) is 0 Å². The van der Waals surface area contributed by atoms with Crippen molar-refractivity contribution >= 4 is 16.8 Å². The van der Waals surface area contributed by atoms with Gasteiger partial charge in [0.25, 0.3) is 5.91 Å². The molecule has 3 aromatic heterocycles. The summed E-state index contributed by atoms with van der Waals surface area (Å²) in [5, 5.41) is 9.46. The Morgan fingerprint density at radius 3 is 2.90 bits per heavy atom. The first-order valence-corrected chi connectivity index (χ1v) is 9.72. The lowest BCUT2D eigenvalue weighted by Crippen LogP contribution is -2.28. The van der Waals surface area contributed by atoms with E-state index in [1.807, 2.05) is 55.1 Å². The third kappa shape index (κ3) is 3.18. The Balaban J connectivity index is 1.32. The van der Waals surface area contributed by atoms with Crippen molar-refractivity contribution < 1.29 is 9.21 Å². The molecule has 7 heteroatoms. The molecular weight excluding hydrogens is 366 g/mol. The Hall–Kier alpha value is -3.48. The zero-order chi connectivity index (χ0) is 20.0. The van der Waals surface area contributed by atoms with Crippen molar-refractivity contribution in [2.75, 3.05) is 13.1 Å². The summed E-state index contributed by atoms with van der Waals surface area (Å²) in [6, 6.07) is 11.8. The summed E-state index contributed by atoms with van der Waals surface area (Å²) in [6.07, 6.45) is 2.54. The van der Waals surface area contributed by atoms with E-state index < -0.39 is 0 Å². The van der Waals surface area contributed by atoms with E-state index in [0.29, 0.717) is 30.6 Å². The smallest absolute Gasteiger partial charge is 0.270 e. The van der Waals surface area contributed by atoms with Gasteiger partial charge < -0.3 is 14.3 Å². The highest BCUT2D eigenvalue weighted by Crippen LogP contribution is 2.30. The van der Waals surface area contributed by atoms with Crippen LogP contribution >= 0.6 is 0 Å². The molecule has 1 fully saturated rings. The molecule has 1 N–H and O–H groups in total. The minimum absolute atomic E-state index is 0.00516. The lowest BCUT2D eigenvalue weighted by Gasteiger charge is -2.14. The number of aryl methyl sites for hydroxylation is 2. The van der Waals surface area contributed by atoms with Gasteiger partial charge in [0.15, 0.2) is 0 Å². The van der Waals surface area contributed by atoms with Crippen molar-refractivity contribution in [1.29, 1.82) is 0 Å². The maximum atomic E-state index is 13.0. The van der Waals surface area contributed by atoms with Crippen LogP contribution in [0.1, 0.15) is 40.0 Å². The topological polar surface area (TPSA) is 87.9 Å². The number of likely N-dealkylation sites (tertiary alicyclic amines) is 1. The third-order valence-corrected chi connectivity index (χ3v) is 5.54. The van der Waals surface area contributed by atoms with Crippen molar-refractivity contribution in [2.24, 2.45) is 0 Å². The van der Waals surface area contributed by atoms with Gasteiger partial charge in [-0.1, -0.05) is 12.1 Å². The monoisotopic (exact) mass is 387 g/mol. The van der Waals surface area contributed by atoms with Gasteiger partial charge in [-0.05, 0) is 50.1 Å². The van der Waals surface area contributed by atoms with Crippen LogP contribution in [0.2, 0.25) is 0 Å². The lowest BCUT2D eigenvalue weighted by atomic mass is 10.1. The Bertz CT molecular complexity index is 1190. The fourth-order valence-electron chi connectivity index (χ4n) is 3.85. The number of hydrogen-bond donors (Lipinski definition) is 1. The average Bonchev–Trinajstić information content (AvgIpc) is 3.47. The van der Waals surface area contributed by atoms with Gasteiger partial charge >= 0.3 is 0 Å². The van der Waals surface area contributed by atoms with E-state index in [1.54, 1.807) is 6.20 Å². The maximum Gasteiger partial charge on any atom is 0.270 e. The van der Waals surface area contributed by atoms with Gasteiger partial charge in [0.2, 0.25) is 11.8 Å². The number of nitrogens with zero attached hydrogens (tertiary/aromatic N) is 4. The molecule has 0 aliphatic carbocycles. The molecule has 7 nitrogen and oxygen atoms in total. The van der Waals surface area contributed by atoms with Gasteiger partial charge in [0, 0.05) is 35.9 Å². The lowest BCUT2D eigenvalue weighted by molar-refractivity contribution is 0.0785. The second-order valence-electron chi connectivity index (χ2n) is 7.59. The number of hydrogen-bond acceptors (Lipinski definition) is 5. The van der Waals surface area contributed by atoms with Gasteiger partial charge in [-0.25, -0.2) is 0 Å². The van der Waals surface area contributed by atoms with E-state index >= 15 is 0 Å². The Morgan fingerprint density at radius 2 is 2.10 bits per heavy atom. The number of carbonyl (C=O) groups is 1. The normalized spacial score (nSPS) is 16.6. The molecule has 29 heavy (non-hydrogen) atoms. The number of aromatic amines is 1. The Labute approximate surface area is 167 Å². The molecule has 0 radical (unpaired) electrons. The van der Waals surface area contributed by atoms with Crippen molar-refractivity contribution in [3.8, 4) is 11.5 Å². The summed E-state index contributed by atoms with van der Waals surface area (Å²) in [5.74, 6) is 1.09. The molecule has 0 bridgehead atoms. The van der Waals surface area contributed by atoms with Crippen LogP contribution in [0.15, 0.2) is 47.0 Å². The Kier molecular flexibility index (Phi) is 4.16. The number of rotatable bonds is 3. The maximum absolute atomic E-state index is 13.0. The minimum atomic E-state index is 0.00516. The first kappa shape index (κ1) is 17.6. The summed E-state index contributed by atoms with van der Waals surface area (Å²) < 4.78 is 5.88. The number of amides is 1. The number of carbonyl (C=O) groups excluding carboxylic acids is 1. The molecule has 146 valence electrons. The van der Waals surface area contributed by atoms with Crippen molar-refractivity contribution in [3.63, 3.8) is 0 Å². The highest BCUT2D eigenvalue weighted by Gasteiger charge is 2.32. The molecule has 0 unspecified atom stereocenters. The van der Waals surface area contributed by atoms with Crippen LogP contribution in [0.3, 0.4) is 0 Å². The number of fused-ring (bicyclic) bond motifs is 1. The number of pyridine rings is 1. The van der Waals surface area contributed by atoms with Gasteiger partial charge in [-0.2, -0.15) is 0 Å². The summed E-state index contributed by atoms with van der Waals surface area (Å²) in [5.41, 5.74) is 4.49. The largest absolute Gasteiger partial charge is 0.420 e. The molecule has 1 saturated heterocycles. The fraction of sp³-hybridized carbons (Fsp3) is 0.273. The SMILES string of the molecule is Cc1ccc(-c2nnc([C@@H]3CCN(C(=O)c4cc5c(C)cccc5[nH]4)C3)o2)cn1. The fourth-order valence-corrected chi connectivity index (χ4v) is 3.85. The van der Waals surface area contributed by atoms with E-state index in [9.17, 15) is 4.79 Å². The molecule has 5 rings (SSSR count). The third-order valence-electron chi connectivity index (χ3n) is 5.54. The summed E-state index contributed by atoms with van der Waals surface area (Å²) in [4.78, 5) is 22.4. The van der Waals surface area contributed by atoms with Crippen LogP contribution < -0.4 is 0 Å². The Morgan fingerprint density at radius 1 is 1.21 bits per heavy atom. The van der Waals surface area contributed by atoms with E-state index in [0.717, 1.165) is 34.1 Å². The van der Waals surface area contributed by atoms with Crippen LogP contribution in [0.25, 0.3) is 22.4 Å². The second kappa shape index (κ2) is 6.84. The molecular formula is C22H21N5O2. The minimum Gasteiger partial charge on any atom is -0.420 e. The first-order chi connectivity index (χ1) is 14.1. The molecule has 1 atom stereocenters. The molecule has 1 aliphatic heterocycles. The molecule has 1 aliphatic rings. The van der Waals surface area contributed by atoms with E-state index in [-0.39, 0.29) is 11.8 Å². The summed E-state index contributed by atoms with van der Waals surface area (Å²) >= 11 is 0. The van der Waals surface area contributed by atoms with Crippen LogP contribution in [0.4, 0.5) is 0 Å². The number of H-pyrrole nitrogens is 1. The molecule has 4 heterocycles. The molecule has 0 saturated carbocycles. The molecule has 1 aromatic carbocycles. The number of aromatic nitrogens is 4. The summed E-state index contributed by atoms with van der Waals surface area (Å²) in [7, 11) is 0.